The van der Waals surface area contributed by atoms with Gasteiger partial charge < -0.3 is 107 Å². The third-order valence-electron chi connectivity index (χ3n) is 16.0. The van der Waals surface area contributed by atoms with Gasteiger partial charge in [0.2, 0.25) is 5.91 Å². The highest BCUT2D eigenvalue weighted by molar-refractivity contribution is 5.91. The third-order valence-corrected chi connectivity index (χ3v) is 16.0. The van der Waals surface area contributed by atoms with E-state index in [1.54, 1.807) is 26.4 Å². The van der Waals surface area contributed by atoms with E-state index in [2.05, 4.69) is 41.3 Å². The van der Waals surface area contributed by atoms with Crippen molar-refractivity contribution in [1.82, 2.24) is 9.80 Å². The summed E-state index contributed by atoms with van der Waals surface area (Å²) in [5, 5.41) is 76.5. The highest BCUT2D eigenvalue weighted by Gasteiger charge is 2.67. The largest absolute Gasteiger partial charge is 0.508 e. The number of ether oxygens (including phenoxy) is 4. The molecular weight excluding hydrogens is 1070 g/mol. The lowest BCUT2D eigenvalue weighted by Gasteiger charge is -2.57. The number of benzene rings is 3. The van der Waals surface area contributed by atoms with E-state index in [9.17, 15) is 33.6 Å². The number of carbonyl (C=O) groups is 7. The minimum Gasteiger partial charge on any atom is -0.508 e. The molecule has 28 heteroatoms. The molecule has 446 valence electrons. The van der Waals surface area contributed by atoms with Crippen LogP contribution in [0.5, 0.6) is 28.7 Å². The molecule has 1 amide bonds. The van der Waals surface area contributed by atoms with Crippen molar-refractivity contribution in [3.63, 3.8) is 0 Å². The summed E-state index contributed by atoms with van der Waals surface area (Å²) in [5.74, 6) is -2.08. The molecule has 0 radical (unpaired) electrons. The Kier molecular flexibility index (Phi) is 23.6. The minimum absolute atomic E-state index is 0. The van der Waals surface area contributed by atoms with Gasteiger partial charge in [-0.05, 0) is 125 Å². The number of aliphatic hydroxyl groups is 4. The van der Waals surface area contributed by atoms with Gasteiger partial charge in [0.05, 0.1) is 14.2 Å². The second kappa shape index (κ2) is 27.4. The fourth-order valence-corrected chi connectivity index (χ4v) is 12.6. The summed E-state index contributed by atoms with van der Waals surface area (Å²) < 4.78 is 23.6. The molecule has 3 aromatic rings. The minimum atomic E-state index is -2.27. The summed E-state index contributed by atoms with van der Waals surface area (Å²) in [6, 6.07) is 15.8. The number of anilines is 1. The van der Waals surface area contributed by atoms with Crippen molar-refractivity contribution in [3.05, 3.63) is 70.8 Å². The van der Waals surface area contributed by atoms with Crippen molar-refractivity contribution >= 4 is 47.0 Å². The van der Waals surface area contributed by atoms with Crippen LogP contribution in [0, 0.1) is 11.8 Å². The van der Waals surface area contributed by atoms with Crippen LogP contribution < -0.4 is 24.3 Å². The van der Waals surface area contributed by atoms with E-state index < -0.39 is 48.3 Å². The maximum Gasteiger partial charge on any atom is 0.335 e. The van der Waals surface area contributed by atoms with E-state index in [1.165, 1.54) is 41.3 Å². The summed E-state index contributed by atoms with van der Waals surface area (Å²) in [5.41, 5.74) is 5.84. The highest BCUT2D eigenvalue weighted by Crippen LogP contribution is 2.64. The topological polar surface area (TPSA) is 514 Å². The normalized spacial score (nSPS) is 26.4. The molecule has 4 heterocycles. The first kappa shape index (κ1) is 69.0. The number of likely N-dealkylation sites (tertiary alicyclic amines) is 2. The van der Waals surface area contributed by atoms with Crippen molar-refractivity contribution in [1.29, 1.82) is 0 Å². The lowest BCUT2D eigenvalue weighted by molar-refractivity contribution is -0.165. The number of carboxylic acids is 4. The maximum absolute atomic E-state index is 12.6. The Morgan fingerprint density at radius 2 is 0.925 bits per heavy atom. The monoisotopic (exact) mass is 1140 g/mol. The summed E-state index contributed by atoms with van der Waals surface area (Å²) in [6.45, 7) is 3.53. The molecule has 4 bridgehead atoms. The Labute approximate surface area is 457 Å². The molecule has 4 aliphatic carbocycles. The number of ketones is 2. The number of carboxylic acid groups (broad SMARTS) is 4. The van der Waals surface area contributed by atoms with Crippen LogP contribution in [0.2, 0.25) is 0 Å². The number of aliphatic hydroxyl groups excluding tert-OH is 4. The molecule has 2 saturated heterocycles. The first-order valence-corrected chi connectivity index (χ1v) is 24.3. The van der Waals surface area contributed by atoms with Gasteiger partial charge >= 0.3 is 23.9 Å². The van der Waals surface area contributed by atoms with Crippen LogP contribution in [-0.4, -0.2) is 215 Å². The quantitative estimate of drug-likeness (QED) is 0.0946. The van der Waals surface area contributed by atoms with Crippen molar-refractivity contribution in [3.8, 4) is 28.7 Å². The predicted octanol–water partition coefficient (Wildman–Crippen LogP) is -3.15. The van der Waals surface area contributed by atoms with Gasteiger partial charge in [-0.25, -0.2) is 19.2 Å². The molecule has 2 spiro atoms. The highest BCUT2D eigenvalue weighted by atomic mass is 16.5. The number of hydrogen-bond donors (Lipinski definition) is 10. The number of phenolic OH excluding ortho intramolecular Hbond substituents is 1. The van der Waals surface area contributed by atoms with Crippen molar-refractivity contribution < 1.29 is 126 Å². The van der Waals surface area contributed by atoms with Crippen LogP contribution >= 0.6 is 0 Å². The maximum atomic E-state index is 12.6. The number of nitrogens with zero attached hydrogens (tertiary/aromatic N) is 2. The van der Waals surface area contributed by atoms with Gasteiger partial charge in [-0.15, -0.1) is 0 Å². The number of phenols is 1. The van der Waals surface area contributed by atoms with Gasteiger partial charge in [0.15, 0.2) is 71.2 Å². The number of likely N-dealkylation sites (N-methyl/N-ethyl adjacent to an activating group) is 2. The van der Waals surface area contributed by atoms with Crippen LogP contribution in [-0.2, 0) is 57.2 Å². The molecular formula is C52H73N3O25. The van der Waals surface area contributed by atoms with Gasteiger partial charge in [-0.3, -0.25) is 14.4 Å². The molecule has 2 saturated carbocycles. The van der Waals surface area contributed by atoms with E-state index >= 15 is 0 Å². The number of methoxy groups -OCH3 is 2. The smallest absolute Gasteiger partial charge is 0.335 e. The first-order chi connectivity index (χ1) is 35.4. The summed E-state index contributed by atoms with van der Waals surface area (Å²) in [4.78, 5) is 79.8. The zero-order valence-corrected chi connectivity index (χ0v) is 44.4. The van der Waals surface area contributed by atoms with E-state index in [1.807, 2.05) is 12.1 Å². The van der Waals surface area contributed by atoms with Crippen LogP contribution in [0.25, 0.3) is 0 Å². The Morgan fingerprint density at radius 3 is 1.23 bits per heavy atom. The van der Waals surface area contributed by atoms with Gasteiger partial charge in [0.25, 0.3) is 0 Å². The molecule has 80 heavy (non-hydrogen) atoms. The van der Waals surface area contributed by atoms with Crippen LogP contribution in [0.4, 0.5) is 5.69 Å². The molecule has 28 nitrogen and oxygen atoms in total. The average molecular weight is 1140 g/mol. The summed E-state index contributed by atoms with van der Waals surface area (Å²) >= 11 is 0. The number of rotatable bonds is 9. The molecule has 12 atom stereocenters. The number of piperidine rings is 2. The number of carbonyl (C=O) groups excluding carboxylic acids is 3. The second-order valence-electron chi connectivity index (χ2n) is 19.9. The van der Waals surface area contributed by atoms with Crippen molar-refractivity contribution in [2.24, 2.45) is 11.8 Å². The van der Waals surface area contributed by atoms with Gasteiger partial charge in [-0.2, -0.15) is 0 Å². The van der Waals surface area contributed by atoms with Gasteiger partial charge in [0.1, 0.15) is 5.75 Å². The summed E-state index contributed by atoms with van der Waals surface area (Å²) in [7, 11) is 7.82. The molecule has 0 aromatic heterocycles. The van der Waals surface area contributed by atoms with E-state index in [4.69, 9.17) is 64.9 Å². The van der Waals surface area contributed by atoms with Gasteiger partial charge in [0, 0.05) is 59.5 Å². The van der Waals surface area contributed by atoms with Gasteiger partial charge in [-0.1, -0.05) is 12.1 Å². The Balaban J connectivity index is 0.000000355. The fraction of sp³-hybridized carbons (Fsp3) is 0.519. The first-order valence-electron chi connectivity index (χ1n) is 24.3. The second-order valence-corrected chi connectivity index (χ2v) is 19.9. The third kappa shape index (κ3) is 12.4. The molecule has 3 aromatic carbocycles. The lowest BCUT2D eigenvalue weighted by atomic mass is 9.52. The molecule has 4 fully saturated rings. The number of aliphatic carboxylic acids is 4. The fourth-order valence-electron chi connectivity index (χ4n) is 12.6. The molecule has 4 aliphatic heterocycles. The standard InChI is InChI=1S/2C18H21NO3.C8H9NO2.2C4H6O6.5H2O/c2*1-19-8-7-18-11-4-5-13(20)17(18)22-16-14(21-2)6-3-10(15(16)18)9-12(11)19;1-6(10)9-7-2-4-8(11)5-3-7;2*5-1(3(7)8)2(6)4(9)10;;;;;/h2*3,6,11-12,17H,4-5,7-9H2,1-2H3;2-5,11H,1H3,(H,9,10);2*1-2,5-6H,(H,7,8)(H,9,10);5*1H2/t2*11-,12+,17-,18-;;2*1-,2-;;;;;/m00.11...../s1. The Hall–Kier alpha value is -7.09. The number of aromatic hydroxyl groups is 1. The average Bonchev–Trinajstić information content (AvgIpc) is 3.92. The van der Waals surface area contributed by atoms with Crippen LogP contribution in [0.1, 0.15) is 67.7 Å². The lowest BCUT2D eigenvalue weighted by Crippen LogP contribution is -2.65. The van der Waals surface area contributed by atoms with Crippen molar-refractivity contribution in [2.75, 3.05) is 46.7 Å². The molecule has 8 aliphatic rings. The zero-order chi connectivity index (χ0) is 55.0. The molecule has 11 rings (SSSR count). The SMILES string of the molecule is CC(=O)Nc1ccc(O)cc1.COc1ccc2c3c1O[C@H]1C(=O)CC[C@H]4[C@@H](C2)N(C)CC[C@]314.COc1ccc2c3c1O[C@H]1C(=O)CC[C@H]4[C@@H](C2)N(C)CC[C@]314.O.O.O.O.O.O=C(O)[C@H](O)[C@@H](O)C(=O)O.O=C(O)[C@H](O)[C@@H](O)C(=O)O. The number of hydrogen-bond acceptors (Lipinski definition) is 18. The van der Waals surface area contributed by atoms with Crippen molar-refractivity contribution in [2.45, 2.75) is 118 Å². The Morgan fingerprint density at radius 1 is 0.588 bits per heavy atom. The molecule has 20 N–H and O–H groups in total. The van der Waals surface area contributed by atoms with E-state index in [0.29, 0.717) is 42.4 Å². The van der Waals surface area contributed by atoms with Crippen LogP contribution in [0.15, 0.2) is 48.5 Å². The number of amides is 1. The number of Topliss-reactive ketones (excluding diaryl/α,β-unsaturated/α-hetero) is 2. The van der Waals surface area contributed by atoms with Crippen LogP contribution in [0.3, 0.4) is 0 Å². The zero-order valence-electron chi connectivity index (χ0n) is 44.4. The molecule has 0 unspecified atom stereocenters. The Bertz CT molecular complexity index is 2540. The summed E-state index contributed by atoms with van der Waals surface area (Å²) in [6.07, 6.45) is -2.12. The number of nitrogens with one attached hydrogen (secondary N) is 1. The van der Waals surface area contributed by atoms with E-state index in [0.717, 1.165) is 74.6 Å². The van der Waals surface area contributed by atoms with E-state index in [-0.39, 0.29) is 73.6 Å². The predicted molar refractivity (Wildman–Crippen MR) is 278 cm³/mol.